The largest absolute Gasteiger partial charge is 0.490 e. The number of benzene rings is 2. The molecule has 2 heteroatoms. The Bertz CT molecular complexity index is 579. The molecule has 2 aromatic rings. The second kappa shape index (κ2) is 8.09. The first-order valence-electron chi connectivity index (χ1n) is 7.62. The van der Waals surface area contributed by atoms with Crippen LogP contribution in [0.1, 0.15) is 26.3 Å². The maximum atomic E-state index is 5.62. The van der Waals surface area contributed by atoms with Gasteiger partial charge in [0.1, 0.15) is 12.4 Å². The third-order valence-electron chi connectivity index (χ3n) is 3.32. The monoisotopic (exact) mass is 312 g/mol. The van der Waals surface area contributed by atoms with Gasteiger partial charge in [-0.3, -0.25) is 0 Å². The van der Waals surface area contributed by atoms with E-state index >= 15 is 0 Å². The van der Waals surface area contributed by atoms with Crippen LogP contribution in [0.2, 0.25) is 0 Å². The highest BCUT2D eigenvalue weighted by Gasteiger charge is 2.12. The zero-order chi connectivity index (χ0) is 15.8. The normalized spacial score (nSPS) is 11.8. The SMILES string of the molecule is CC(C)(C)c1ccc(SC/C=C/COc2ccccc2)cc1. The first-order valence-corrected chi connectivity index (χ1v) is 8.60. The molecule has 0 heterocycles. The molecule has 0 saturated heterocycles. The summed E-state index contributed by atoms with van der Waals surface area (Å²) in [5.74, 6) is 1.88. The van der Waals surface area contributed by atoms with Gasteiger partial charge in [-0.05, 0) is 35.2 Å². The van der Waals surface area contributed by atoms with E-state index in [1.54, 1.807) is 0 Å². The third kappa shape index (κ3) is 5.61. The minimum atomic E-state index is 0.220. The van der Waals surface area contributed by atoms with E-state index in [2.05, 4.69) is 57.2 Å². The molecule has 0 aliphatic rings. The van der Waals surface area contributed by atoms with Gasteiger partial charge in [-0.15, -0.1) is 11.8 Å². The summed E-state index contributed by atoms with van der Waals surface area (Å²) in [5.41, 5.74) is 1.60. The van der Waals surface area contributed by atoms with Crippen molar-refractivity contribution in [2.24, 2.45) is 0 Å². The van der Waals surface area contributed by atoms with Crippen LogP contribution in [0.15, 0.2) is 71.6 Å². The number of hydrogen-bond acceptors (Lipinski definition) is 2. The Hall–Kier alpha value is -1.67. The Balaban J connectivity index is 1.71. The Labute approximate surface area is 138 Å². The van der Waals surface area contributed by atoms with Crippen molar-refractivity contribution in [2.75, 3.05) is 12.4 Å². The van der Waals surface area contributed by atoms with E-state index in [9.17, 15) is 0 Å². The fourth-order valence-electron chi connectivity index (χ4n) is 1.99. The summed E-state index contributed by atoms with van der Waals surface area (Å²) in [6.45, 7) is 7.34. The van der Waals surface area contributed by atoms with Crippen molar-refractivity contribution in [3.8, 4) is 5.75 Å². The predicted octanol–water partition coefficient (Wildman–Crippen LogP) is 5.71. The summed E-state index contributed by atoms with van der Waals surface area (Å²) in [6, 6.07) is 18.8. The lowest BCUT2D eigenvalue weighted by molar-refractivity contribution is 0.363. The first kappa shape index (κ1) is 16.7. The number of para-hydroxylation sites is 1. The molecule has 0 N–H and O–H groups in total. The van der Waals surface area contributed by atoms with Crippen LogP contribution in [0.4, 0.5) is 0 Å². The van der Waals surface area contributed by atoms with E-state index < -0.39 is 0 Å². The van der Waals surface area contributed by atoms with Gasteiger partial charge < -0.3 is 4.74 Å². The van der Waals surface area contributed by atoms with Gasteiger partial charge in [0.15, 0.2) is 0 Å². The fraction of sp³-hybridized carbons (Fsp3) is 0.300. The van der Waals surface area contributed by atoms with Crippen LogP contribution in [0, 0.1) is 0 Å². The van der Waals surface area contributed by atoms with Crippen molar-refractivity contribution >= 4 is 11.8 Å². The van der Waals surface area contributed by atoms with Crippen LogP contribution in [0.5, 0.6) is 5.75 Å². The molecule has 0 bridgehead atoms. The quantitative estimate of drug-likeness (QED) is 0.499. The molecular formula is C20H24OS. The predicted molar refractivity (Wildman–Crippen MR) is 96.9 cm³/mol. The lowest BCUT2D eigenvalue weighted by Gasteiger charge is -2.18. The van der Waals surface area contributed by atoms with Crippen molar-refractivity contribution in [1.29, 1.82) is 0 Å². The second-order valence-electron chi connectivity index (χ2n) is 6.18. The summed E-state index contributed by atoms with van der Waals surface area (Å²) < 4.78 is 5.62. The van der Waals surface area contributed by atoms with Crippen molar-refractivity contribution in [2.45, 2.75) is 31.1 Å². The Morgan fingerprint density at radius 1 is 0.909 bits per heavy atom. The van der Waals surface area contributed by atoms with E-state index in [0.717, 1.165) is 11.5 Å². The summed E-state index contributed by atoms with van der Waals surface area (Å²) in [7, 11) is 0. The number of hydrogen-bond donors (Lipinski definition) is 0. The van der Waals surface area contributed by atoms with E-state index in [1.807, 2.05) is 42.1 Å². The van der Waals surface area contributed by atoms with Gasteiger partial charge in [0, 0.05) is 10.6 Å². The summed E-state index contributed by atoms with van der Waals surface area (Å²) in [6.07, 6.45) is 4.23. The van der Waals surface area contributed by atoms with Crippen LogP contribution < -0.4 is 4.74 Å². The molecule has 0 aliphatic carbocycles. The Morgan fingerprint density at radius 2 is 1.59 bits per heavy atom. The molecule has 2 aromatic carbocycles. The summed E-state index contributed by atoms with van der Waals surface area (Å²) in [5, 5.41) is 0. The van der Waals surface area contributed by atoms with Gasteiger partial charge in [0.2, 0.25) is 0 Å². The molecule has 22 heavy (non-hydrogen) atoms. The summed E-state index contributed by atoms with van der Waals surface area (Å²) >= 11 is 1.84. The topological polar surface area (TPSA) is 9.23 Å². The molecule has 0 fully saturated rings. The Morgan fingerprint density at radius 3 is 2.23 bits per heavy atom. The molecule has 0 aliphatic heterocycles. The summed E-state index contributed by atoms with van der Waals surface area (Å²) in [4.78, 5) is 1.31. The number of ether oxygens (including phenoxy) is 1. The van der Waals surface area contributed by atoms with Gasteiger partial charge in [-0.1, -0.05) is 63.3 Å². The minimum absolute atomic E-state index is 0.220. The maximum Gasteiger partial charge on any atom is 0.119 e. The first-order chi connectivity index (χ1) is 10.6. The van der Waals surface area contributed by atoms with Crippen molar-refractivity contribution in [3.63, 3.8) is 0 Å². The van der Waals surface area contributed by atoms with Gasteiger partial charge >= 0.3 is 0 Å². The molecule has 0 unspecified atom stereocenters. The standard InChI is InChI=1S/C20H24OS/c1-20(2,3)17-11-13-19(14-12-17)22-16-8-7-15-21-18-9-5-4-6-10-18/h4-14H,15-16H2,1-3H3/b8-7+. The van der Waals surface area contributed by atoms with E-state index in [1.165, 1.54) is 10.5 Å². The van der Waals surface area contributed by atoms with E-state index in [-0.39, 0.29) is 5.41 Å². The molecule has 116 valence electrons. The van der Waals surface area contributed by atoms with Crippen molar-refractivity contribution < 1.29 is 4.74 Å². The molecule has 1 nitrogen and oxygen atoms in total. The van der Waals surface area contributed by atoms with Crippen LogP contribution in [0.3, 0.4) is 0 Å². The highest BCUT2D eigenvalue weighted by molar-refractivity contribution is 7.99. The highest BCUT2D eigenvalue weighted by atomic mass is 32.2. The van der Waals surface area contributed by atoms with Crippen molar-refractivity contribution in [1.82, 2.24) is 0 Å². The molecule has 0 atom stereocenters. The van der Waals surface area contributed by atoms with Crippen LogP contribution in [0.25, 0.3) is 0 Å². The van der Waals surface area contributed by atoms with Gasteiger partial charge in [-0.2, -0.15) is 0 Å². The number of thioether (sulfide) groups is 1. The average Bonchev–Trinajstić information content (AvgIpc) is 2.51. The molecule has 0 spiro atoms. The molecule has 0 radical (unpaired) electrons. The third-order valence-corrected chi connectivity index (χ3v) is 4.29. The molecule has 0 saturated carbocycles. The second-order valence-corrected chi connectivity index (χ2v) is 7.27. The maximum absolute atomic E-state index is 5.62. The number of rotatable bonds is 6. The van der Waals surface area contributed by atoms with Crippen molar-refractivity contribution in [3.05, 3.63) is 72.3 Å². The minimum Gasteiger partial charge on any atom is -0.490 e. The van der Waals surface area contributed by atoms with Gasteiger partial charge in [-0.25, -0.2) is 0 Å². The molecule has 2 rings (SSSR count). The fourth-order valence-corrected chi connectivity index (χ4v) is 2.75. The van der Waals surface area contributed by atoms with E-state index in [0.29, 0.717) is 6.61 Å². The lowest BCUT2D eigenvalue weighted by Crippen LogP contribution is -2.10. The average molecular weight is 312 g/mol. The van der Waals surface area contributed by atoms with Crippen LogP contribution in [-0.2, 0) is 5.41 Å². The highest BCUT2D eigenvalue weighted by Crippen LogP contribution is 2.25. The smallest absolute Gasteiger partial charge is 0.119 e. The molecule has 0 aromatic heterocycles. The molecule has 0 amide bonds. The zero-order valence-corrected chi connectivity index (χ0v) is 14.4. The van der Waals surface area contributed by atoms with Crippen LogP contribution >= 0.6 is 11.8 Å². The Kier molecular flexibility index (Phi) is 6.14. The van der Waals surface area contributed by atoms with Gasteiger partial charge in [0.25, 0.3) is 0 Å². The van der Waals surface area contributed by atoms with Crippen LogP contribution in [-0.4, -0.2) is 12.4 Å². The molecular weight excluding hydrogens is 288 g/mol. The zero-order valence-electron chi connectivity index (χ0n) is 13.6. The van der Waals surface area contributed by atoms with Gasteiger partial charge in [0.05, 0.1) is 0 Å². The lowest BCUT2D eigenvalue weighted by atomic mass is 9.87. The van der Waals surface area contributed by atoms with E-state index in [4.69, 9.17) is 4.74 Å².